The molecule has 2 saturated heterocycles. The molecule has 8 nitrogen and oxygen atoms in total. The van der Waals surface area contributed by atoms with Crippen molar-refractivity contribution in [2.24, 2.45) is 0 Å². The van der Waals surface area contributed by atoms with Gasteiger partial charge in [0, 0.05) is 31.6 Å². The molecule has 0 aromatic heterocycles. The molecule has 8 heteroatoms. The predicted molar refractivity (Wildman–Crippen MR) is 130 cm³/mol. The van der Waals surface area contributed by atoms with Gasteiger partial charge in [0.25, 0.3) is 0 Å². The van der Waals surface area contributed by atoms with Gasteiger partial charge in [0.1, 0.15) is 12.6 Å². The molecule has 0 unspecified atom stereocenters. The highest BCUT2D eigenvalue weighted by Gasteiger charge is 2.35. The Bertz CT molecular complexity index is 1070. The molecule has 35 heavy (non-hydrogen) atoms. The highest BCUT2D eigenvalue weighted by molar-refractivity contribution is 5.85. The van der Waals surface area contributed by atoms with Crippen LogP contribution in [0.3, 0.4) is 0 Å². The van der Waals surface area contributed by atoms with Gasteiger partial charge in [-0.2, -0.15) is 0 Å². The minimum absolute atomic E-state index is 0.00411. The van der Waals surface area contributed by atoms with Crippen LogP contribution in [0.1, 0.15) is 42.7 Å². The van der Waals surface area contributed by atoms with Crippen LogP contribution in [0.2, 0.25) is 0 Å². The number of ether oxygens (including phenoxy) is 1. The summed E-state index contributed by atoms with van der Waals surface area (Å²) in [6, 6.07) is 15.8. The summed E-state index contributed by atoms with van der Waals surface area (Å²) < 4.78 is 5.66. The summed E-state index contributed by atoms with van der Waals surface area (Å²) in [4.78, 5) is 40.0. The van der Waals surface area contributed by atoms with Gasteiger partial charge in [-0.3, -0.25) is 9.69 Å². The van der Waals surface area contributed by atoms with Gasteiger partial charge in [0.05, 0.1) is 6.54 Å². The van der Waals surface area contributed by atoms with Crippen LogP contribution in [0.4, 0.5) is 4.79 Å². The highest BCUT2D eigenvalue weighted by Crippen LogP contribution is 2.44. The van der Waals surface area contributed by atoms with E-state index in [0.717, 1.165) is 19.3 Å². The van der Waals surface area contributed by atoms with Crippen LogP contribution in [0.25, 0.3) is 11.1 Å². The van der Waals surface area contributed by atoms with Crippen molar-refractivity contribution in [3.63, 3.8) is 0 Å². The molecule has 184 valence electrons. The third-order valence-corrected chi connectivity index (χ3v) is 7.47. The molecular weight excluding hydrogens is 446 g/mol. The maximum absolute atomic E-state index is 12.6. The number of alkyl carbamates (subject to hydrolysis) is 1. The van der Waals surface area contributed by atoms with Crippen LogP contribution in [-0.2, 0) is 14.3 Å². The molecule has 2 aromatic rings. The molecule has 0 saturated carbocycles. The Labute approximate surface area is 204 Å². The standard InChI is InChI=1S/C27H31N3O5/c31-25(30-13-5-10-24(30)26(32)33)16-29-14-11-18(12-15-29)28-27(34)35-17-23-21-8-3-1-6-19(21)20-7-2-4-9-22(20)23/h1-4,6-9,18,23-24H,5,10-17H2,(H,28,34)(H,32,33)/t24-/m0/s1. The molecule has 2 N–H and O–H groups in total. The zero-order valence-electron chi connectivity index (χ0n) is 19.7. The summed E-state index contributed by atoms with van der Waals surface area (Å²) in [6.45, 7) is 2.36. The van der Waals surface area contributed by atoms with Crippen molar-refractivity contribution in [1.29, 1.82) is 0 Å². The molecule has 1 aliphatic carbocycles. The minimum atomic E-state index is -0.929. The summed E-state index contributed by atoms with van der Waals surface area (Å²) >= 11 is 0. The van der Waals surface area contributed by atoms with Crippen LogP contribution >= 0.6 is 0 Å². The Kier molecular flexibility index (Phi) is 6.72. The summed E-state index contributed by atoms with van der Waals surface area (Å²) in [6.07, 6.45) is 2.28. The van der Waals surface area contributed by atoms with E-state index < -0.39 is 18.1 Å². The number of nitrogens with zero attached hydrogens (tertiary/aromatic N) is 2. The fourth-order valence-electron chi connectivity index (χ4n) is 5.65. The number of likely N-dealkylation sites (tertiary alicyclic amines) is 2. The Morgan fingerprint density at radius 3 is 2.17 bits per heavy atom. The highest BCUT2D eigenvalue weighted by atomic mass is 16.5. The minimum Gasteiger partial charge on any atom is -0.480 e. The fraction of sp³-hybridized carbons (Fsp3) is 0.444. The van der Waals surface area contributed by atoms with E-state index in [1.807, 2.05) is 29.2 Å². The Hall–Kier alpha value is -3.39. The lowest BCUT2D eigenvalue weighted by Gasteiger charge is -2.33. The van der Waals surface area contributed by atoms with Gasteiger partial charge >= 0.3 is 12.1 Å². The quantitative estimate of drug-likeness (QED) is 0.664. The zero-order chi connectivity index (χ0) is 24.4. The van der Waals surface area contributed by atoms with Crippen LogP contribution in [0.15, 0.2) is 48.5 Å². The number of aliphatic carboxylic acids is 1. The zero-order valence-corrected chi connectivity index (χ0v) is 19.7. The molecule has 5 rings (SSSR count). The van der Waals surface area contributed by atoms with Gasteiger partial charge in [-0.25, -0.2) is 9.59 Å². The molecule has 2 aliphatic heterocycles. The number of carbonyl (C=O) groups excluding carboxylic acids is 2. The van der Waals surface area contributed by atoms with Crippen molar-refractivity contribution in [2.75, 3.05) is 32.8 Å². The molecule has 0 spiro atoms. The molecular formula is C27H31N3O5. The van der Waals surface area contributed by atoms with E-state index in [1.165, 1.54) is 27.2 Å². The largest absolute Gasteiger partial charge is 0.480 e. The Balaban J connectivity index is 1.09. The lowest BCUT2D eigenvalue weighted by Crippen LogP contribution is -2.49. The van der Waals surface area contributed by atoms with Crippen molar-refractivity contribution < 1.29 is 24.2 Å². The maximum atomic E-state index is 12.6. The van der Waals surface area contributed by atoms with Gasteiger partial charge < -0.3 is 20.1 Å². The van der Waals surface area contributed by atoms with Gasteiger partial charge in [-0.05, 0) is 47.9 Å². The van der Waals surface area contributed by atoms with Gasteiger partial charge in [0.15, 0.2) is 0 Å². The number of nitrogens with one attached hydrogen (secondary N) is 1. The maximum Gasteiger partial charge on any atom is 0.407 e. The second-order valence-corrected chi connectivity index (χ2v) is 9.60. The van der Waals surface area contributed by atoms with Crippen LogP contribution in [0.5, 0.6) is 0 Å². The summed E-state index contributed by atoms with van der Waals surface area (Å²) in [7, 11) is 0. The van der Waals surface area contributed by atoms with E-state index in [0.29, 0.717) is 26.1 Å². The Morgan fingerprint density at radius 1 is 0.914 bits per heavy atom. The van der Waals surface area contributed by atoms with Gasteiger partial charge in [0.2, 0.25) is 5.91 Å². The first-order valence-electron chi connectivity index (χ1n) is 12.4. The number of carboxylic acid groups (broad SMARTS) is 1. The number of hydrogen-bond acceptors (Lipinski definition) is 5. The molecule has 2 aromatic carbocycles. The number of amides is 2. The van der Waals surface area contributed by atoms with E-state index in [4.69, 9.17) is 4.74 Å². The summed E-state index contributed by atoms with van der Waals surface area (Å²) in [5, 5.41) is 12.3. The SMILES string of the molecule is O=C(NC1CCN(CC(=O)N2CCC[C@H]2C(=O)O)CC1)OCC1c2ccccc2-c2ccccc21. The summed E-state index contributed by atoms with van der Waals surface area (Å²) in [5.41, 5.74) is 4.76. The van der Waals surface area contributed by atoms with E-state index in [9.17, 15) is 19.5 Å². The van der Waals surface area contributed by atoms with Crippen molar-refractivity contribution in [1.82, 2.24) is 15.1 Å². The number of benzene rings is 2. The molecule has 0 radical (unpaired) electrons. The van der Waals surface area contributed by atoms with E-state index in [2.05, 4.69) is 29.6 Å². The molecule has 2 amide bonds. The average Bonchev–Trinajstić information content (AvgIpc) is 3.48. The first kappa shape index (κ1) is 23.4. The van der Waals surface area contributed by atoms with Crippen LogP contribution in [0, 0.1) is 0 Å². The first-order chi connectivity index (χ1) is 17.0. The van der Waals surface area contributed by atoms with E-state index >= 15 is 0 Å². The van der Waals surface area contributed by atoms with Crippen molar-refractivity contribution >= 4 is 18.0 Å². The summed E-state index contributed by atoms with van der Waals surface area (Å²) in [5.74, 6) is -1.03. The van der Waals surface area contributed by atoms with Gasteiger partial charge in [-0.15, -0.1) is 0 Å². The lowest BCUT2D eigenvalue weighted by molar-refractivity contribution is -0.148. The molecule has 1 atom stereocenters. The monoisotopic (exact) mass is 477 g/mol. The van der Waals surface area contributed by atoms with E-state index in [-0.39, 0.29) is 31.0 Å². The fourth-order valence-corrected chi connectivity index (χ4v) is 5.65. The number of carbonyl (C=O) groups is 3. The second kappa shape index (κ2) is 10.1. The van der Waals surface area contributed by atoms with Crippen molar-refractivity contribution in [2.45, 2.75) is 43.7 Å². The lowest BCUT2D eigenvalue weighted by atomic mass is 9.98. The van der Waals surface area contributed by atoms with Crippen molar-refractivity contribution in [3.8, 4) is 11.1 Å². The molecule has 3 aliphatic rings. The molecule has 2 fully saturated rings. The van der Waals surface area contributed by atoms with Crippen LogP contribution < -0.4 is 5.32 Å². The third kappa shape index (κ3) is 4.89. The van der Waals surface area contributed by atoms with Crippen LogP contribution in [-0.4, -0.2) is 77.7 Å². The topological polar surface area (TPSA) is 99.2 Å². The molecule has 0 bridgehead atoms. The van der Waals surface area contributed by atoms with Crippen molar-refractivity contribution in [3.05, 3.63) is 59.7 Å². The number of piperidine rings is 1. The Morgan fingerprint density at radius 2 is 1.54 bits per heavy atom. The first-order valence-corrected chi connectivity index (χ1v) is 12.4. The second-order valence-electron chi connectivity index (χ2n) is 9.60. The normalized spacial score (nSPS) is 20.3. The molecule has 2 heterocycles. The predicted octanol–water partition coefficient (Wildman–Crippen LogP) is 3.07. The number of carboxylic acids is 1. The number of rotatable bonds is 6. The van der Waals surface area contributed by atoms with E-state index in [1.54, 1.807) is 0 Å². The smallest absolute Gasteiger partial charge is 0.407 e. The number of fused-ring (bicyclic) bond motifs is 3. The number of hydrogen-bond donors (Lipinski definition) is 2. The average molecular weight is 478 g/mol. The van der Waals surface area contributed by atoms with Gasteiger partial charge in [-0.1, -0.05) is 48.5 Å². The third-order valence-electron chi connectivity index (χ3n) is 7.47.